The van der Waals surface area contributed by atoms with Crippen molar-refractivity contribution in [2.75, 3.05) is 5.73 Å². The lowest BCUT2D eigenvalue weighted by atomic mass is 10.1. The summed E-state index contributed by atoms with van der Waals surface area (Å²) in [5, 5.41) is 0. The minimum atomic E-state index is -3.47. The molecule has 1 rings (SSSR count). The van der Waals surface area contributed by atoms with Crippen LogP contribution in [0.2, 0.25) is 0 Å². The molecule has 1 unspecified atom stereocenters. The first-order valence-corrected chi connectivity index (χ1v) is 7.65. The molecule has 18 heavy (non-hydrogen) atoms. The van der Waals surface area contributed by atoms with Crippen molar-refractivity contribution >= 4 is 15.7 Å². The van der Waals surface area contributed by atoms with Gasteiger partial charge in [-0.2, -0.15) is 0 Å². The Hall–Kier alpha value is -1.07. The summed E-state index contributed by atoms with van der Waals surface area (Å²) >= 11 is 0. The number of nitrogens with two attached hydrogens (primary N) is 1. The van der Waals surface area contributed by atoms with Crippen LogP contribution in [0, 0.1) is 13.8 Å². The number of hydrogen-bond acceptors (Lipinski definition) is 3. The van der Waals surface area contributed by atoms with E-state index >= 15 is 0 Å². The molecule has 1 aromatic carbocycles. The molecule has 0 radical (unpaired) electrons. The topological polar surface area (TPSA) is 72.2 Å². The van der Waals surface area contributed by atoms with Crippen LogP contribution in [0.3, 0.4) is 0 Å². The van der Waals surface area contributed by atoms with Crippen molar-refractivity contribution in [1.82, 2.24) is 4.72 Å². The quantitative estimate of drug-likeness (QED) is 0.807. The average molecular weight is 270 g/mol. The maximum absolute atomic E-state index is 12.2. The highest BCUT2D eigenvalue weighted by Crippen LogP contribution is 2.21. The normalized spacial score (nSPS) is 13.6. The summed E-state index contributed by atoms with van der Waals surface area (Å²) in [5.41, 5.74) is 8.14. The fraction of sp³-hybridized carbons (Fsp3) is 0.538. The van der Waals surface area contributed by atoms with E-state index in [2.05, 4.69) is 4.72 Å². The molecule has 0 saturated carbocycles. The predicted molar refractivity (Wildman–Crippen MR) is 75.0 cm³/mol. The van der Waals surface area contributed by atoms with Crippen molar-refractivity contribution in [3.63, 3.8) is 0 Å². The minimum Gasteiger partial charge on any atom is -0.398 e. The first-order chi connectivity index (χ1) is 8.27. The van der Waals surface area contributed by atoms with Crippen LogP contribution >= 0.6 is 0 Å². The number of benzene rings is 1. The third-order valence-corrected chi connectivity index (χ3v) is 4.64. The van der Waals surface area contributed by atoms with Gasteiger partial charge in [0, 0.05) is 11.7 Å². The highest BCUT2D eigenvalue weighted by atomic mass is 32.2. The van der Waals surface area contributed by atoms with E-state index in [1.54, 1.807) is 6.07 Å². The van der Waals surface area contributed by atoms with Crippen molar-refractivity contribution in [2.45, 2.75) is 51.5 Å². The third kappa shape index (κ3) is 3.46. The third-order valence-electron chi connectivity index (χ3n) is 3.07. The van der Waals surface area contributed by atoms with Crippen molar-refractivity contribution in [3.8, 4) is 0 Å². The molecule has 0 aliphatic carbocycles. The van der Waals surface area contributed by atoms with Gasteiger partial charge in [0.1, 0.15) is 0 Å². The molecule has 0 bridgehead atoms. The molecule has 0 amide bonds. The van der Waals surface area contributed by atoms with Gasteiger partial charge in [0.2, 0.25) is 10.0 Å². The molecule has 0 saturated heterocycles. The van der Waals surface area contributed by atoms with E-state index in [0.29, 0.717) is 5.69 Å². The zero-order valence-corrected chi connectivity index (χ0v) is 12.3. The van der Waals surface area contributed by atoms with E-state index in [0.717, 1.165) is 24.0 Å². The van der Waals surface area contributed by atoms with Crippen LogP contribution in [-0.4, -0.2) is 14.5 Å². The molecule has 102 valence electrons. The van der Waals surface area contributed by atoms with Gasteiger partial charge in [0.05, 0.1) is 4.90 Å². The Morgan fingerprint density at radius 2 is 1.94 bits per heavy atom. The molecule has 4 nitrogen and oxygen atoms in total. The van der Waals surface area contributed by atoms with Gasteiger partial charge in [-0.3, -0.25) is 0 Å². The van der Waals surface area contributed by atoms with Gasteiger partial charge < -0.3 is 5.73 Å². The Morgan fingerprint density at radius 1 is 1.33 bits per heavy atom. The highest BCUT2D eigenvalue weighted by molar-refractivity contribution is 7.89. The first-order valence-electron chi connectivity index (χ1n) is 6.17. The minimum absolute atomic E-state index is 0.0668. The average Bonchev–Trinajstić information content (AvgIpc) is 2.24. The van der Waals surface area contributed by atoms with Gasteiger partial charge in [-0.25, -0.2) is 13.1 Å². The van der Waals surface area contributed by atoms with Crippen LogP contribution in [-0.2, 0) is 10.0 Å². The van der Waals surface area contributed by atoms with E-state index < -0.39 is 10.0 Å². The number of hydrogen-bond donors (Lipinski definition) is 2. The highest BCUT2D eigenvalue weighted by Gasteiger charge is 2.18. The number of anilines is 1. The second-order valence-corrected chi connectivity index (χ2v) is 6.48. The zero-order chi connectivity index (χ0) is 13.9. The second-order valence-electron chi connectivity index (χ2n) is 4.77. The van der Waals surface area contributed by atoms with E-state index in [-0.39, 0.29) is 10.9 Å². The Bertz CT molecular complexity index is 501. The Labute approximate surface area is 110 Å². The zero-order valence-electron chi connectivity index (χ0n) is 11.4. The number of sulfonamides is 1. The summed E-state index contributed by atoms with van der Waals surface area (Å²) in [6, 6.07) is 3.11. The molecular formula is C13H22N2O2S. The molecular weight excluding hydrogens is 248 g/mol. The number of aryl methyl sites for hydroxylation is 1. The van der Waals surface area contributed by atoms with Gasteiger partial charge in [0.15, 0.2) is 0 Å². The maximum atomic E-state index is 12.2. The molecule has 0 heterocycles. The largest absolute Gasteiger partial charge is 0.398 e. The Balaban J connectivity index is 3.06. The standard InChI is InChI=1S/C13H22N2O2S/c1-5-6-10(3)15-18(16,17)12-7-9(2)11(4)13(14)8-12/h7-8,10,15H,5-6,14H2,1-4H3. The number of nitrogens with one attached hydrogen (secondary N) is 1. The summed E-state index contributed by atoms with van der Waals surface area (Å²) in [5.74, 6) is 0. The number of nitrogen functional groups attached to an aromatic ring is 1. The van der Waals surface area contributed by atoms with Crippen LogP contribution in [0.5, 0.6) is 0 Å². The van der Waals surface area contributed by atoms with E-state index in [9.17, 15) is 8.42 Å². The van der Waals surface area contributed by atoms with Crippen molar-refractivity contribution < 1.29 is 8.42 Å². The summed E-state index contributed by atoms with van der Waals surface area (Å²) in [4.78, 5) is 0.242. The van der Waals surface area contributed by atoms with Crippen LogP contribution < -0.4 is 10.5 Å². The summed E-state index contributed by atoms with van der Waals surface area (Å²) in [6.07, 6.45) is 1.76. The smallest absolute Gasteiger partial charge is 0.240 e. The van der Waals surface area contributed by atoms with Crippen LogP contribution in [0.1, 0.15) is 37.8 Å². The lowest BCUT2D eigenvalue weighted by Gasteiger charge is -2.15. The second kappa shape index (κ2) is 5.71. The first kappa shape index (κ1) is 15.0. The van der Waals surface area contributed by atoms with Crippen LogP contribution in [0.4, 0.5) is 5.69 Å². The van der Waals surface area contributed by atoms with Gasteiger partial charge >= 0.3 is 0 Å². The molecule has 5 heteroatoms. The molecule has 0 aliphatic rings. The van der Waals surface area contributed by atoms with Crippen LogP contribution in [0.15, 0.2) is 17.0 Å². The van der Waals surface area contributed by atoms with Gasteiger partial charge in [0.25, 0.3) is 0 Å². The van der Waals surface area contributed by atoms with Crippen molar-refractivity contribution in [3.05, 3.63) is 23.3 Å². The molecule has 0 fully saturated rings. The number of rotatable bonds is 5. The molecule has 0 aliphatic heterocycles. The molecule has 0 aromatic heterocycles. The molecule has 0 spiro atoms. The maximum Gasteiger partial charge on any atom is 0.240 e. The van der Waals surface area contributed by atoms with E-state index in [1.807, 2.05) is 27.7 Å². The summed E-state index contributed by atoms with van der Waals surface area (Å²) < 4.78 is 27.0. The van der Waals surface area contributed by atoms with Crippen LogP contribution in [0.25, 0.3) is 0 Å². The Morgan fingerprint density at radius 3 is 2.44 bits per heavy atom. The summed E-state index contributed by atoms with van der Waals surface area (Å²) in [6.45, 7) is 7.64. The van der Waals surface area contributed by atoms with Gasteiger partial charge in [-0.1, -0.05) is 13.3 Å². The monoisotopic (exact) mass is 270 g/mol. The van der Waals surface area contributed by atoms with Gasteiger partial charge in [-0.05, 0) is 50.5 Å². The van der Waals surface area contributed by atoms with Crippen molar-refractivity contribution in [1.29, 1.82) is 0 Å². The lowest BCUT2D eigenvalue weighted by molar-refractivity contribution is 0.544. The molecule has 1 aromatic rings. The molecule has 1 atom stereocenters. The SMILES string of the molecule is CCCC(C)NS(=O)(=O)c1cc(C)c(C)c(N)c1. The van der Waals surface area contributed by atoms with E-state index in [1.165, 1.54) is 6.07 Å². The van der Waals surface area contributed by atoms with Gasteiger partial charge in [-0.15, -0.1) is 0 Å². The fourth-order valence-corrected chi connectivity index (χ4v) is 3.23. The van der Waals surface area contributed by atoms with Crippen molar-refractivity contribution in [2.24, 2.45) is 0 Å². The van der Waals surface area contributed by atoms with E-state index in [4.69, 9.17) is 5.73 Å². The molecule has 3 N–H and O–H groups in total. The lowest BCUT2D eigenvalue weighted by Crippen LogP contribution is -2.32. The summed E-state index contributed by atoms with van der Waals surface area (Å²) in [7, 11) is -3.47. The Kier molecular flexibility index (Phi) is 4.76. The fourth-order valence-electron chi connectivity index (χ4n) is 1.83. The predicted octanol–water partition coefficient (Wildman–Crippen LogP) is 2.35.